The molecule has 22 heavy (non-hydrogen) atoms. The van der Waals surface area contributed by atoms with E-state index < -0.39 is 5.97 Å². The van der Waals surface area contributed by atoms with Crippen LogP contribution in [0.3, 0.4) is 0 Å². The summed E-state index contributed by atoms with van der Waals surface area (Å²) in [5.41, 5.74) is 3.97. The third-order valence-corrected chi connectivity index (χ3v) is 3.46. The predicted molar refractivity (Wildman–Crippen MR) is 86.0 cm³/mol. The summed E-state index contributed by atoms with van der Waals surface area (Å²) in [5.74, 6) is -0.632. The summed E-state index contributed by atoms with van der Waals surface area (Å²) >= 11 is 0. The Morgan fingerprint density at radius 2 is 1.82 bits per heavy atom. The number of amides is 1. The average Bonchev–Trinajstić information content (AvgIpc) is 2.50. The minimum Gasteiger partial charge on any atom is -0.465 e. The fourth-order valence-corrected chi connectivity index (χ4v) is 2.24. The molecule has 0 aliphatic heterocycles. The fourth-order valence-electron chi connectivity index (χ4n) is 2.24. The van der Waals surface area contributed by atoms with Gasteiger partial charge in [0.15, 0.2) is 0 Å². The number of ether oxygens (including phenoxy) is 1. The van der Waals surface area contributed by atoms with Crippen LogP contribution in [0.5, 0.6) is 0 Å². The van der Waals surface area contributed by atoms with Gasteiger partial charge in [0.1, 0.15) is 0 Å². The van der Waals surface area contributed by atoms with E-state index in [4.69, 9.17) is 4.74 Å². The first-order valence-electron chi connectivity index (χ1n) is 7.04. The summed E-state index contributed by atoms with van der Waals surface area (Å²) in [6, 6.07) is 12.8. The maximum atomic E-state index is 12.2. The van der Waals surface area contributed by atoms with E-state index in [1.165, 1.54) is 7.11 Å². The summed E-state index contributed by atoms with van der Waals surface area (Å²) in [6.07, 6.45) is 0.267. The zero-order chi connectivity index (χ0) is 16.1. The smallest absolute Gasteiger partial charge is 0.339 e. The van der Waals surface area contributed by atoms with Crippen LogP contribution in [0.1, 0.15) is 27.0 Å². The monoisotopic (exact) mass is 297 g/mol. The molecular formula is C18H19NO3. The molecule has 0 heterocycles. The Morgan fingerprint density at radius 3 is 2.55 bits per heavy atom. The maximum absolute atomic E-state index is 12.2. The second-order valence-corrected chi connectivity index (χ2v) is 5.19. The highest BCUT2D eigenvalue weighted by Crippen LogP contribution is 2.17. The van der Waals surface area contributed by atoms with E-state index in [1.54, 1.807) is 24.3 Å². The van der Waals surface area contributed by atoms with Gasteiger partial charge in [0.2, 0.25) is 5.91 Å². The van der Waals surface area contributed by atoms with Crippen LogP contribution in [0, 0.1) is 13.8 Å². The van der Waals surface area contributed by atoms with Crippen LogP contribution in [0.4, 0.5) is 5.69 Å². The molecule has 0 atom stereocenters. The average molecular weight is 297 g/mol. The predicted octanol–water partition coefficient (Wildman–Crippen LogP) is 3.27. The normalized spacial score (nSPS) is 10.1. The van der Waals surface area contributed by atoms with Crippen molar-refractivity contribution >= 4 is 17.6 Å². The second kappa shape index (κ2) is 6.89. The molecule has 2 rings (SSSR count). The number of hydrogen-bond acceptors (Lipinski definition) is 3. The summed E-state index contributed by atoms with van der Waals surface area (Å²) in [6.45, 7) is 3.97. The number of aryl methyl sites for hydroxylation is 2. The summed E-state index contributed by atoms with van der Waals surface area (Å²) < 4.78 is 4.72. The van der Waals surface area contributed by atoms with Crippen LogP contribution < -0.4 is 5.32 Å². The zero-order valence-corrected chi connectivity index (χ0v) is 13.0. The number of carbonyl (C=O) groups is 2. The van der Waals surface area contributed by atoms with Crippen LogP contribution in [0.15, 0.2) is 42.5 Å². The van der Waals surface area contributed by atoms with Crippen LogP contribution in [-0.2, 0) is 16.0 Å². The van der Waals surface area contributed by atoms with Gasteiger partial charge in [0.25, 0.3) is 0 Å². The molecule has 0 bridgehead atoms. The van der Waals surface area contributed by atoms with E-state index in [-0.39, 0.29) is 12.3 Å². The molecular weight excluding hydrogens is 278 g/mol. The molecule has 2 aromatic rings. The Bertz CT molecular complexity index is 707. The van der Waals surface area contributed by atoms with Gasteiger partial charge in [-0.05, 0) is 37.1 Å². The van der Waals surface area contributed by atoms with Crippen molar-refractivity contribution in [2.45, 2.75) is 20.3 Å². The van der Waals surface area contributed by atoms with Crippen LogP contribution in [-0.4, -0.2) is 19.0 Å². The van der Waals surface area contributed by atoms with Crippen molar-refractivity contribution < 1.29 is 14.3 Å². The number of hydrogen-bond donors (Lipinski definition) is 1. The highest BCUT2D eigenvalue weighted by atomic mass is 16.5. The minimum absolute atomic E-state index is 0.162. The van der Waals surface area contributed by atoms with Crippen molar-refractivity contribution in [1.82, 2.24) is 0 Å². The summed E-state index contributed by atoms with van der Waals surface area (Å²) in [4.78, 5) is 23.9. The number of nitrogens with one attached hydrogen (secondary N) is 1. The molecule has 0 spiro atoms. The number of para-hydroxylation sites is 1. The molecule has 0 fully saturated rings. The Kier molecular flexibility index (Phi) is 4.94. The van der Waals surface area contributed by atoms with Gasteiger partial charge in [0.05, 0.1) is 24.8 Å². The molecule has 4 nitrogen and oxygen atoms in total. The Balaban J connectivity index is 2.16. The highest BCUT2D eigenvalue weighted by Gasteiger charge is 2.14. The lowest BCUT2D eigenvalue weighted by Gasteiger charge is -2.11. The van der Waals surface area contributed by atoms with E-state index in [1.807, 2.05) is 32.0 Å². The van der Waals surface area contributed by atoms with E-state index in [2.05, 4.69) is 5.32 Å². The van der Waals surface area contributed by atoms with Crippen molar-refractivity contribution in [3.05, 3.63) is 64.7 Å². The maximum Gasteiger partial charge on any atom is 0.339 e. The van der Waals surface area contributed by atoms with Gasteiger partial charge < -0.3 is 10.1 Å². The van der Waals surface area contributed by atoms with Crippen molar-refractivity contribution in [3.63, 3.8) is 0 Å². The van der Waals surface area contributed by atoms with Gasteiger partial charge in [-0.15, -0.1) is 0 Å². The topological polar surface area (TPSA) is 55.4 Å². The molecule has 1 amide bonds. The first-order chi connectivity index (χ1) is 10.5. The molecule has 2 aromatic carbocycles. The van der Waals surface area contributed by atoms with Gasteiger partial charge in [0, 0.05) is 0 Å². The summed E-state index contributed by atoms with van der Waals surface area (Å²) in [5, 5.41) is 2.78. The SMILES string of the molecule is COC(=O)c1ccccc1NC(=O)Cc1cc(C)ccc1C. The molecule has 1 N–H and O–H groups in total. The van der Waals surface area contributed by atoms with Crippen molar-refractivity contribution in [2.24, 2.45) is 0 Å². The minimum atomic E-state index is -0.470. The molecule has 0 radical (unpaired) electrons. The number of benzene rings is 2. The molecule has 0 aliphatic rings. The second-order valence-electron chi connectivity index (χ2n) is 5.19. The molecule has 4 heteroatoms. The first-order valence-corrected chi connectivity index (χ1v) is 7.04. The van der Waals surface area contributed by atoms with Crippen molar-refractivity contribution in [1.29, 1.82) is 0 Å². The first kappa shape index (κ1) is 15.8. The molecule has 0 aromatic heterocycles. The molecule has 0 saturated heterocycles. The lowest BCUT2D eigenvalue weighted by atomic mass is 10.0. The lowest BCUT2D eigenvalue weighted by molar-refractivity contribution is -0.115. The molecule has 0 saturated carbocycles. The van der Waals surface area contributed by atoms with Crippen molar-refractivity contribution in [2.75, 3.05) is 12.4 Å². The molecule has 114 valence electrons. The fraction of sp³-hybridized carbons (Fsp3) is 0.222. The van der Waals surface area contributed by atoms with Gasteiger partial charge in [-0.1, -0.05) is 35.9 Å². The van der Waals surface area contributed by atoms with Gasteiger partial charge in [-0.3, -0.25) is 4.79 Å². The quantitative estimate of drug-likeness (QED) is 0.881. The Morgan fingerprint density at radius 1 is 1.09 bits per heavy atom. The van der Waals surface area contributed by atoms with E-state index in [0.717, 1.165) is 16.7 Å². The zero-order valence-electron chi connectivity index (χ0n) is 13.0. The van der Waals surface area contributed by atoms with Crippen LogP contribution >= 0.6 is 0 Å². The number of anilines is 1. The number of rotatable bonds is 4. The molecule has 0 aliphatic carbocycles. The number of carbonyl (C=O) groups excluding carboxylic acids is 2. The van der Waals surface area contributed by atoms with Gasteiger partial charge in [-0.2, -0.15) is 0 Å². The Hall–Kier alpha value is -2.62. The van der Waals surface area contributed by atoms with E-state index in [9.17, 15) is 9.59 Å². The van der Waals surface area contributed by atoms with Crippen LogP contribution in [0.2, 0.25) is 0 Å². The van der Waals surface area contributed by atoms with Crippen molar-refractivity contribution in [3.8, 4) is 0 Å². The highest BCUT2D eigenvalue weighted by molar-refractivity contribution is 6.01. The van der Waals surface area contributed by atoms with Crippen LogP contribution in [0.25, 0.3) is 0 Å². The van der Waals surface area contributed by atoms with Gasteiger partial charge in [-0.25, -0.2) is 4.79 Å². The summed E-state index contributed by atoms with van der Waals surface area (Å²) in [7, 11) is 1.32. The number of methoxy groups -OCH3 is 1. The standard InChI is InChI=1S/C18H19NO3/c1-12-8-9-13(2)14(10-12)11-17(20)19-16-7-5-4-6-15(16)18(21)22-3/h4-10H,11H2,1-3H3,(H,19,20). The molecule has 0 unspecified atom stereocenters. The third-order valence-electron chi connectivity index (χ3n) is 3.46. The largest absolute Gasteiger partial charge is 0.465 e. The number of esters is 1. The van der Waals surface area contributed by atoms with E-state index >= 15 is 0 Å². The third kappa shape index (κ3) is 3.73. The van der Waals surface area contributed by atoms with E-state index in [0.29, 0.717) is 11.3 Å². The Labute approximate surface area is 130 Å². The van der Waals surface area contributed by atoms with Gasteiger partial charge >= 0.3 is 5.97 Å². The lowest BCUT2D eigenvalue weighted by Crippen LogP contribution is -2.17.